The van der Waals surface area contributed by atoms with E-state index in [1.54, 1.807) is 6.07 Å². The van der Waals surface area contributed by atoms with E-state index in [4.69, 9.17) is 0 Å². The highest BCUT2D eigenvalue weighted by Crippen LogP contribution is 2.15. The fourth-order valence-corrected chi connectivity index (χ4v) is 3.44. The first kappa shape index (κ1) is 19.0. The van der Waals surface area contributed by atoms with Crippen molar-refractivity contribution < 1.29 is 17.6 Å². The van der Waals surface area contributed by atoms with Gasteiger partial charge in [-0.05, 0) is 42.5 Å². The van der Waals surface area contributed by atoms with E-state index < -0.39 is 10.0 Å². The van der Waals surface area contributed by atoms with Gasteiger partial charge in [-0.25, -0.2) is 22.1 Å². The number of H-pyrrole nitrogens is 1. The van der Waals surface area contributed by atoms with Gasteiger partial charge in [-0.1, -0.05) is 0 Å². The van der Waals surface area contributed by atoms with E-state index in [1.807, 2.05) is 0 Å². The van der Waals surface area contributed by atoms with E-state index in [2.05, 4.69) is 15.3 Å². The number of carbonyl (C=O) groups is 1. The molecule has 0 spiro atoms. The SMILES string of the molecule is CN(C)S(=O)(=O)c1ccc(C(=O)NCCc2nc3ccc(F)cc3[nH]2)cc1. The third-order valence-electron chi connectivity index (χ3n) is 4.04. The summed E-state index contributed by atoms with van der Waals surface area (Å²) >= 11 is 0. The predicted octanol–water partition coefficient (Wildman–Crippen LogP) is 1.92. The van der Waals surface area contributed by atoms with Crippen molar-refractivity contribution in [1.82, 2.24) is 19.6 Å². The second kappa shape index (κ2) is 7.45. The van der Waals surface area contributed by atoms with Crippen LogP contribution in [0.3, 0.4) is 0 Å². The molecule has 27 heavy (non-hydrogen) atoms. The summed E-state index contributed by atoms with van der Waals surface area (Å²) in [7, 11) is -0.632. The van der Waals surface area contributed by atoms with Crippen LogP contribution in [-0.2, 0) is 16.4 Å². The second-order valence-corrected chi connectivity index (χ2v) is 8.31. The lowest BCUT2D eigenvalue weighted by Crippen LogP contribution is -2.26. The van der Waals surface area contributed by atoms with Gasteiger partial charge >= 0.3 is 0 Å². The van der Waals surface area contributed by atoms with E-state index in [9.17, 15) is 17.6 Å². The summed E-state index contributed by atoms with van der Waals surface area (Å²) in [6, 6.07) is 10.0. The molecule has 0 aliphatic heterocycles. The number of amides is 1. The molecule has 1 amide bonds. The summed E-state index contributed by atoms with van der Waals surface area (Å²) in [6.45, 7) is 0.332. The van der Waals surface area contributed by atoms with Crippen molar-refractivity contribution >= 4 is 27.0 Å². The van der Waals surface area contributed by atoms with E-state index in [-0.39, 0.29) is 16.6 Å². The van der Waals surface area contributed by atoms with Crippen molar-refractivity contribution in [2.24, 2.45) is 0 Å². The zero-order valence-electron chi connectivity index (χ0n) is 14.9. The maximum Gasteiger partial charge on any atom is 0.251 e. The largest absolute Gasteiger partial charge is 0.352 e. The van der Waals surface area contributed by atoms with Crippen LogP contribution < -0.4 is 5.32 Å². The number of fused-ring (bicyclic) bond motifs is 1. The molecule has 3 aromatic rings. The molecule has 1 aromatic heterocycles. The molecule has 0 saturated carbocycles. The molecule has 2 N–H and O–H groups in total. The van der Waals surface area contributed by atoms with Crippen LogP contribution >= 0.6 is 0 Å². The van der Waals surface area contributed by atoms with Crippen molar-refractivity contribution in [3.63, 3.8) is 0 Å². The molecule has 0 aliphatic carbocycles. The number of benzene rings is 2. The number of nitrogens with zero attached hydrogens (tertiary/aromatic N) is 2. The average Bonchev–Trinajstić information content (AvgIpc) is 3.03. The lowest BCUT2D eigenvalue weighted by atomic mass is 10.2. The van der Waals surface area contributed by atoms with Crippen molar-refractivity contribution in [1.29, 1.82) is 0 Å². The minimum absolute atomic E-state index is 0.124. The summed E-state index contributed by atoms with van der Waals surface area (Å²) in [4.78, 5) is 19.7. The van der Waals surface area contributed by atoms with E-state index in [1.165, 1.54) is 50.5 Å². The standard InChI is InChI=1S/C18H19FN4O3S/c1-23(2)27(25,26)14-6-3-12(4-7-14)18(24)20-10-9-17-21-15-8-5-13(19)11-16(15)22-17/h3-8,11H,9-10H2,1-2H3,(H,20,24)(H,21,22). The smallest absolute Gasteiger partial charge is 0.251 e. The van der Waals surface area contributed by atoms with Crippen molar-refractivity contribution in [3.05, 3.63) is 59.7 Å². The Morgan fingerprint density at radius 2 is 1.89 bits per heavy atom. The number of imidazole rings is 1. The van der Waals surface area contributed by atoms with Crippen molar-refractivity contribution in [2.75, 3.05) is 20.6 Å². The van der Waals surface area contributed by atoms with Gasteiger partial charge < -0.3 is 10.3 Å². The number of halogens is 1. The molecule has 9 heteroatoms. The van der Waals surface area contributed by atoms with Crippen LogP contribution in [0.15, 0.2) is 47.4 Å². The molecule has 2 aromatic carbocycles. The van der Waals surface area contributed by atoms with Gasteiger partial charge in [0.25, 0.3) is 5.91 Å². The molecular formula is C18H19FN4O3S. The van der Waals surface area contributed by atoms with Crippen LogP contribution in [0, 0.1) is 5.82 Å². The number of nitrogens with one attached hydrogen (secondary N) is 2. The summed E-state index contributed by atoms with van der Waals surface area (Å²) < 4.78 is 38.4. The van der Waals surface area contributed by atoms with Gasteiger partial charge in [0, 0.05) is 32.6 Å². The first-order chi connectivity index (χ1) is 12.8. The molecule has 0 saturated heterocycles. The Bertz CT molecular complexity index is 1080. The average molecular weight is 390 g/mol. The first-order valence-electron chi connectivity index (χ1n) is 8.22. The quantitative estimate of drug-likeness (QED) is 0.672. The van der Waals surface area contributed by atoms with Crippen LogP contribution in [0.5, 0.6) is 0 Å². The molecule has 1 heterocycles. The lowest BCUT2D eigenvalue weighted by Gasteiger charge is -2.11. The minimum atomic E-state index is -3.53. The van der Waals surface area contributed by atoms with Gasteiger partial charge in [0.2, 0.25) is 10.0 Å². The van der Waals surface area contributed by atoms with Crippen molar-refractivity contribution in [3.8, 4) is 0 Å². The van der Waals surface area contributed by atoms with Crippen molar-refractivity contribution in [2.45, 2.75) is 11.3 Å². The maximum atomic E-state index is 13.2. The van der Waals surface area contributed by atoms with Crippen LogP contribution in [0.1, 0.15) is 16.2 Å². The molecule has 0 aliphatic rings. The molecule has 142 valence electrons. The highest BCUT2D eigenvalue weighted by molar-refractivity contribution is 7.89. The van der Waals surface area contributed by atoms with Gasteiger partial charge in [-0.2, -0.15) is 0 Å². The Morgan fingerprint density at radius 1 is 1.19 bits per heavy atom. The fraction of sp³-hybridized carbons (Fsp3) is 0.222. The Morgan fingerprint density at radius 3 is 2.56 bits per heavy atom. The highest BCUT2D eigenvalue weighted by Gasteiger charge is 2.17. The lowest BCUT2D eigenvalue weighted by molar-refractivity contribution is 0.0954. The van der Waals surface area contributed by atoms with Gasteiger partial charge in [-0.3, -0.25) is 4.79 Å². The topological polar surface area (TPSA) is 95.2 Å². The Kier molecular flexibility index (Phi) is 5.24. The van der Waals surface area contributed by atoms with Crippen LogP contribution in [-0.4, -0.2) is 49.2 Å². The van der Waals surface area contributed by atoms with Gasteiger partial charge in [0.05, 0.1) is 15.9 Å². The van der Waals surface area contributed by atoms with Crippen LogP contribution in [0.2, 0.25) is 0 Å². The molecule has 3 rings (SSSR count). The first-order valence-corrected chi connectivity index (χ1v) is 9.66. The number of sulfonamides is 1. The van der Waals surface area contributed by atoms with Crippen LogP contribution in [0.25, 0.3) is 11.0 Å². The number of carbonyl (C=O) groups excluding carboxylic acids is 1. The maximum absolute atomic E-state index is 13.2. The number of rotatable bonds is 6. The minimum Gasteiger partial charge on any atom is -0.352 e. The molecule has 7 nitrogen and oxygen atoms in total. The Hall–Kier alpha value is -2.78. The molecular weight excluding hydrogens is 371 g/mol. The zero-order valence-corrected chi connectivity index (χ0v) is 15.7. The fourth-order valence-electron chi connectivity index (χ4n) is 2.54. The van der Waals surface area contributed by atoms with Gasteiger partial charge in [-0.15, -0.1) is 0 Å². The second-order valence-electron chi connectivity index (χ2n) is 6.16. The monoisotopic (exact) mass is 390 g/mol. The Labute approximate surface area is 156 Å². The molecule has 0 unspecified atom stereocenters. The molecule has 0 radical (unpaired) electrons. The zero-order chi connectivity index (χ0) is 19.6. The van der Waals surface area contributed by atoms with E-state index in [0.29, 0.717) is 35.4 Å². The van der Waals surface area contributed by atoms with Crippen LogP contribution in [0.4, 0.5) is 4.39 Å². The Balaban J connectivity index is 1.60. The van der Waals surface area contributed by atoms with E-state index in [0.717, 1.165) is 4.31 Å². The number of aromatic amines is 1. The summed E-state index contributed by atoms with van der Waals surface area (Å²) in [5, 5.41) is 2.75. The summed E-state index contributed by atoms with van der Waals surface area (Å²) in [5.74, 6) is -0.0139. The highest BCUT2D eigenvalue weighted by atomic mass is 32.2. The van der Waals surface area contributed by atoms with Gasteiger partial charge in [0.15, 0.2) is 0 Å². The van der Waals surface area contributed by atoms with E-state index >= 15 is 0 Å². The third kappa shape index (κ3) is 4.15. The summed E-state index contributed by atoms with van der Waals surface area (Å²) in [5.41, 5.74) is 1.63. The predicted molar refractivity (Wildman–Crippen MR) is 99.4 cm³/mol. The summed E-state index contributed by atoms with van der Waals surface area (Å²) in [6.07, 6.45) is 0.454. The molecule has 0 atom stereocenters. The number of hydrogen-bond acceptors (Lipinski definition) is 4. The molecule has 0 fully saturated rings. The molecule has 0 bridgehead atoms. The number of aromatic nitrogens is 2. The van der Waals surface area contributed by atoms with Gasteiger partial charge in [0.1, 0.15) is 11.6 Å². The third-order valence-corrected chi connectivity index (χ3v) is 5.86. The number of hydrogen-bond donors (Lipinski definition) is 2. The normalized spacial score (nSPS) is 11.9.